The maximum Gasteiger partial charge on any atom is 0.451 e. The standard InChI is InChI=1S/C7H7F3N4O3.C2H6/c1-16-5-12-3(7(8,9)10)11-4(13-5)14-6(15)17-2;1-2/h1-2H3,(H,11,12,13,14,15);1-2H3. The summed E-state index contributed by atoms with van der Waals surface area (Å²) in [6.07, 6.45) is -5.78. The molecule has 19 heavy (non-hydrogen) atoms. The van der Waals surface area contributed by atoms with E-state index >= 15 is 0 Å². The van der Waals surface area contributed by atoms with Crippen LogP contribution in [-0.4, -0.2) is 35.3 Å². The zero-order valence-corrected chi connectivity index (χ0v) is 10.7. The maximum atomic E-state index is 12.4. The van der Waals surface area contributed by atoms with Gasteiger partial charge in [-0.1, -0.05) is 13.8 Å². The fourth-order valence-electron chi connectivity index (χ4n) is 0.773. The largest absolute Gasteiger partial charge is 0.467 e. The van der Waals surface area contributed by atoms with Gasteiger partial charge < -0.3 is 9.47 Å². The van der Waals surface area contributed by atoms with Crippen LogP contribution in [0.1, 0.15) is 19.7 Å². The predicted molar refractivity (Wildman–Crippen MR) is 58.8 cm³/mol. The Labute approximate surface area is 107 Å². The van der Waals surface area contributed by atoms with Gasteiger partial charge in [0.1, 0.15) is 0 Å². The fraction of sp³-hybridized carbons (Fsp3) is 0.556. The fourth-order valence-corrected chi connectivity index (χ4v) is 0.773. The van der Waals surface area contributed by atoms with Gasteiger partial charge in [0.2, 0.25) is 11.8 Å². The molecule has 0 aliphatic heterocycles. The van der Waals surface area contributed by atoms with Crippen molar-refractivity contribution in [1.29, 1.82) is 0 Å². The van der Waals surface area contributed by atoms with Crippen LogP contribution in [0.15, 0.2) is 0 Å². The van der Waals surface area contributed by atoms with E-state index in [1.807, 2.05) is 19.2 Å². The number of amides is 1. The van der Waals surface area contributed by atoms with E-state index in [2.05, 4.69) is 24.4 Å². The van der Waals surface area contributed by atoms with Gasteiger partial charge in [0.15, 0.2) is 0 Å². The summed E-state index contributed by atoms with van der Waals surface area (Å²) in [6, 6.07) is -0.571. The van der Waals surface area contributed by atoms with Crippen LogP contribution in [0, 0.1) is 0 Å². The maximum absolute atomic E-state index is 12.4. The molecule has 1 aromatic rings. The van der Waals surface area contributed by atoms with E-state index in [-0.39, 0.29) is 0 Å². The van der Waals surface area contributed by atoms with E-state index in [0.29, 0.717) is 0 Å². The van der Waals surface area contributed by atoms with Crippen LogP contribution < -0.4 is 10.1 Å². The van der Waals surface area contributed by atoms with Gasteiger partial charge in [0.05, 0.1) is 14.2 Å². The van der Waals surface area contributed by atoms with Gasteiger partial charge in [-0.15, -0.1) is 0 Å². The summed E-state index contributed by atoms with van der Waals surface area (Å²) in [7, 11) is 2.12. The van der Waals surface area contributed by atoms with Gasteiger partial charge in [0.25, 0.3) is 0 Å². The summed E-state index contributed by atoms with van der Waals surface area (Å²) >= 11 is 0. The summed E-state index contributed by atoms with van der Waals surface area (Å²) in [5.41, 5.74) is 0. The first-order chi connectivity index (χ1) is 8.86. The lowest BCUT2D eigenvalue weighted by molar-refractivity contribution is -0.145. The third-order valence-electron chi connectivity index (χ3n) is 1.45. The van der Waals surface area contributed by atoms with Crippen molar-refractivity contribution in [2.45, 2.75) is 20.0 Å². The predicted octanol–water partition coefficient (Wildman–Crippen LogP) is 2.10. The molecule has 7 nitrogen and oxygen atoms in total. The molecule has 10 heteroatoms. The van der Waals surface area contributed by atoms with Crippen molar-refractivity contribution >= 4 is 12.0 Å². The van der Waals surface area contributed by atoms with Gasteiger partial charge in [-0.2, -0.15) is 28.1 Å². The van der Waals surface area contributed by atoms with Crippen molar-refractivity contribution in [1.82, 2.24) is 15.0 Å². The number of alkyl halides is 3. The molecule has 1 aromatic heterocycles. The second-order valence-electron chi connectivity index (χ2n) is 2.58. The zero-order valence-electron chi connectivity index (χ0n) is 10.7. The molecular formula is C9H13F3N4O3. The number of halogens is 3. The van der Waals surface area contributed by atoms with Crippen molar-refractivity contribution in [3.05, 3.63) is 5.82 Å². The van der Waals surface area contributed by atoms with Gasteiger partial charge >= 0.3 is 18.3 Å². The molecule has 1 rings (SSSR count). The zero-order chi connectivity index (χ0) is 15.1. The van der Waals surface area contributed by atoms with E-state index in [9.17, 15) is 18.0 Å². The molecule has 0 saturated carbocycles. The highest BCUT2D eigenvalue weighted by Crippen LogP contribution is 2.27. The Morgan fingerprint density at radius 3 is 2.16 bits per heavy atom. The normalized spacial score (nSPS) is 10.1. The minimum atomic E-state index is -4.78. The molecule has 0 aliphatic carbocycles. The first kappa shape index (κ1) is 16.9. The Balaban J connectivity index is 0.00000154. The topological polar surface area (TPSA) is 86.2 Å². The Morgan fingerprint density at radius 2 is 1.74 bits per heavy atom. The number of anilines is 1. The second kappa shape index (κ2) is 7.34. The third-order valence-corrected chi connectivity index (χ3v) is 1.45. The van der Waals surface area contributed by atoms with Crippen LogP contribution in [0.3, 0.4) is 0 Å². The van der Waals surface area contributed by atoms with Crippen LogP contribution >= 0.6 is 0 Å². The Kier molecular flexibility index (Phi) is 6.51. The number of methoxy groups -OCH3 is 2. The second-order valence-corrected chi connectivity index (χ2v) is 2.58. The molecule has 0 radical (unpaired) electrons. The number of ether oxygens (including phenoxy) is 2. The van der Waals surface area contributed by atoms with Crippen LogP contribution in [-0.2, 0) is 10.9 Å². The monoisotopic (exact) mass is 282 g/mol. The summed E-state index contributed by atoms with van der Waals surface area (Å²) < 4.78 is 45.7. The lowest BCUT2D eigenvalue weighted by atomic mass is 10.6. The molecule has 0 atom stereocenters. The summed E-state index contributed by atoms with van der Waals surface area (Å²) in [5.74, 6) is -2.09. The van der Waals surface area contributed by atoms with Crippen molar-refractivity contribution in [3.8, 4) is 6.01 Å². The first-order valence-corrected chi connectivity index (χ1v) is 5.09. The number of carbonyl (C=O) groups is 1. The number of hydrogen-bond donors (Lipinski definition) is 1. The molecule has 0 spiro atoms. The lowest BCUT2D eigenvalue weighted by Crippen LogP contribution is -2.18. The van der Waals surface area contributed by atoms with Crippen LogP contribution in [0.4, 0.5) is 23.9 Å². The van der Waals surface area contributed by atoms with Crippen molar-refractivity contribution in [3.63, 3.8) is 0 Å². The number of nitrogens with one attached hydrogen (secondary N) is 1. The van der Waals surface area contributed by atoms with Crippen LogP contribution in [0.5, 0.6) is 6.01 Å². The van der Waals surface area contributed by atoms with Crippen molar-refractivity contribution in [2.24, 2.45) is 0 Å². The number of rotatable bonds is 2. The number of carbonyl (C=O) groups excluding carboxylic acids is 1. The third kappa shape index (κ3) is 5.36. The molecule has 0 aromatic carbocycles. The number of nitrogens with zero attached hydrogens (tertiary/aromatic N) is 3. The quantitative estimate of drug-likeness (QED) is 0.894. The molecule has 0 bridgehead atoms. The molecule has 1 amide bonds. The van der Waals surface area contributed by atoms with E-state index in [1.54, 1.807) is 0 Å². The van der Waals surface area contributed by atoms with E-state index in [0.717, 1.165) is 14.2 Å². The highest BCUT2D eigenvalue weighted by Gasteiger charge is 2.36. The molecule has 1 N–H and O–H groups in total. The average Bonchev–Trinajstić information content (AvgIpc) is 2.39. The van der Waals surface area contributed by atoms with E-state index in [4.69, 9.17) is 0 Å². The Morgan fingerprint density at radius 1 is 1.16 bits per heavy atom. The molecular weight excluding hydrogens is 269 g/mol. The Hall–Kier alpha value is -2.13. The first-order valence-electron chi connectivity index (χ1n) is 5.09. The lowest BCUT2D eigenvalue weighted by Gasteiger charge is -2.08. The highest BCUT2D eigenvalue weighted by atomic mass is 19.4. The Bertz CT molecular complexity index is 426. The average molecular weight is 282 g/mol. The molecule has 0 saturated heterocycles. The molecule has 0 fully saturated rings. The smallest absolute Gasteiger partial charge is 0.451 e. The highest BCUT2D eigenvalue weighted by molar-refractivity contribution is 5.81. The van der Waals surface area contributed by atoms with Crippen LogP contribution in [0.25, 0.3) is 0 Å². The summed E-state index contributed by atoms with van der Waals surface area (Å²) in [4.78, 5) is 20.2. The molecule has 108 valence electrons. The molecule has 0 unspecified atom stereocenters. The van der Waals surface area contributed by atoms with E-state index < -0.39 is 30.1 Å². The minimum absolute atomic E-state index is 0.571. The van der Waals surface area contributed by atoms with Crippen LogP contribution in [0.2, 0.25) is 0 Å². The molecule has 1 heterocycles. The van der Waals surface area contributed by atoms with Gasteiger partial charge in [0, 0.05) is 0 Å². The summed E-state index contributed by atoms with van der Waals surface area (Å²) in [6.45, 7) is 4.00. The van der Waals surface area contributed by atoms with Crippen molar-refractivity contribution < 1.29 is 27.4 Å². The van der Waals surface area contributed by atoms with Crippen molar-refractivity contribution in [2.75, 3.05) is 19.5 Å². The molecule has 0 aliphatic rings. The number of aromatic nitrogens is 3. The minimum Gasteiger partial charge on any atom is -0.467 e. The van der Waals surface area contributed by atoms with E-state index in [1.165, 1.54) is 0 Å². The number of hydrogen-bond acceptors (Lipinski definition) is 6. The van der Waals surface area contributed by atoms with Gasteiger partial charge in [-0.25, -0.2) is 4.79 Å². The van der Waals surface area contributed by atoms with Gasteiger partial charge in [-0.05, 0) is 0 Å². The summed E-state index contributed by atoms with van der Waals surface area (Å²) in [5, 5.41) is 1.88. The SMILES string of the molecule is CC.COC(=O)Nc1nc(OC)nc(C(F)(F)F)n1. The van der Waals surface area contributed by atoms with Gasteiger partial charge in [-0.3, -0.25) is 5.32 Å².